The summed E-state index contributed by atoms with van der Waals surface area (Å²) >= 11 is 5.99. The molecule has 3 aromatic rings. The van der Waals surface area contributed by atoms with Crippen molar-refractivity contribution in [2.75, 3.05) is 31.1 Å². The van der Waals surface area contributed by atoms with Gasteiger partial charge in [0.25, 0.3) is 0 Å². The molecular formula is C21H26ClN7O. The Labute approximate surface area is 180 Å². The number of imidazole rings is 1. The molecule has 5 rings (SSSR count). The van der Waals surface area contributed by atoms with Crippen LogP contribution in [0.3, 0.4) is 0 Å². The Bertz CT molecular complexity index is 1050. The molecule has 9 heteroatoms. The number of nitrogens with zero attached hydrogens (tertiary/aromatic N) is 6. The second-order valence-electron chi connectivity index (χ2n) is 8.29. The number of aromatic amines is 1. The minimum Gasteiger partial charge on any atom is -0.356 e. The van der Waals surface area contributed by atoms with Gasteiger partial charge < -0.3 is 14.8 Å². The SMILES string of the molecule is CC(c1nc2ccc(N3CCC[C@@H](C(=O)N4CCCC4)C3)nc2[nH]1)n1cc(Cl)cn1. The summed E-state index contributed by atoms with van der Waals surface area (Å²) in [7, 11) is 0. The van der Waals surface area contributed by atoms with Crippen molar-refractivity contribution >= 4 is 34.5 Å². The van der Waals surface area contributed by atoms with Crippen LogP contribution in [-0.2, 0) is 4.79 Å². The standard InChI is InChI=1S/C21H26ClN7O/c1-14(29-13-16(22)11-23-29)19-24-17-6-7-18(25-20(17)26-19)28-10-4-5-15(12-28)21(30)27-8-2-3-9-27/h6-7,11,13-15H,2-5,8-10,12H2,1H3,(H,24,25,26)/t14?,15-/m1/s1. The van der Waals surface area contributed by atoms with Crippen LogP contribution in [0.15, 0.2) is 24.5 Å². The molecule has 2 saturated heterocycles. The average Bonchev–Trinajstić information content (AvgIpc) is 3.52. The number of amides is 1. The highest BCUT2D eigenvalue weighted by Crippen LogP contribution is 2.26. The number of halogens is 1. The summed E-state index contributed by atoms with van der Waals surface area (Å²) < 4.78 is 1.78. The normalized spacial score (nSPS) is 20.8. The summed E-state index contributed by atoms with van der Waals surface area (Å²) in [4.78, 5) is 30.0. The number of hydrogen-bond acceptors (Lipinski definition) is 5. The predicted octanol–water partition coefficient (Wildman–Crippen LogP) is 3.26. The molecule has 3 aromatic heterocycles. The van der Waals surface area contributed by atoms with E-state index in [-0.39, 0.29) is 12.0 Å². The molecule has 2 atom stereocenters. The largest absolute Gasteiger partial charge is 0.356 e. The van der Waals surface area contributed by atoms with Gasteiger partial charge in [-0.3, -0.25) is 9.48 Å². The average molecular weight is 428 g/mol. The number of anilines is 1. The van der Waals surface area contributed by atoms with E-state index in [1.54, 1.807) is 17.1 Å². The third-order valence-corrected chi connectivity index (χ3v) is 6.42. The van der Waals surface area contributed by atoms with Crippen LogP contribution in [0.4, 0.5) is 5.82 Å². The molecule has 2 aliphatic rings. The Hall–Kier alpha value is -2.61. The van der Waals surface area contributed by atoms with E-state index in [1.807, 2.05) is 24.0 Å². The van der Waals surface area contributed by atoms with Gasteiger partial charge in [-0.2, -0.15) is 5.10 Å². The van der Waals surface area contributed by atoms with Crippen molar-refractivity contribution in [2.45, 2.75) is 38.6 Å². The van der Waals surface area contributed by atoms with Gasteiger partial charge in [-0.25, -0.2) is 9.97 Å². The lowest BCUT2D eigenvalue weighted by molar-refractivity contribution is -0.134. The van der Waals surface area contributed by atoms with Crippen molar-refractivity contribution in [3.05, 3.63) is 35.4 Å². The quantitative estimate of drug-likeness (QED) is 0.691. The first kappa shape index (κ1) is 19.4. The maximum Gasteiger partial charge on any atom is 0.227 e. The molecule has 1 unspecified atom stereocenters. The Morgan fingerprint density at radius 1 is 1.20 bits per heavy atom. The number of fused-ring (bicyclic) bond motifs is 1. The number of aromatic nitrogens is 5. The highest BCUT2D eigenvalue weighted by Gasteiger charge is 2.31. The zero-order valence-electron chi connectivity index (χ0n) is 17.1. The van der Waals surface area contributed by atoms with Crippen molar-refractivity contribution in [1.29, 1.82) is 0 Å². The zero-order valence-corrected chi connectivity index (χ0v) is 17.8. The van der Waals surface area contributed by atoms with E-state index in [9.17, 15) is 4.79 Å². The molecule has 0 spiro atoms. The van der Waals surface area contributed by atoms with Crippen LogP contribution in [0.5, 0.6) is 0 Å². The third kappa shape index (κ3) is 3.64. The number of carbonyl (C=O) groups is 1. The topological polar surface area (TPSA) is 82.9 Å². The minimum absolute atomic E-state index is 0.0660. The molecule has 2 fully saturated rings. The van der Waals surface area contributed by atoms with Gasteiger partial charge in [0.15, 0.2) is 5.65 Å². The smallest absolute Gasteiger partial charge is 0.227 e. The number of piperidine rings is 1. The Kier molecular flexibility index (Phi) is 5.10. The number of likely N-dealkylation sites (tertiary alicyclic amines) is 1. The maximum absolute atomic E-state index is 12.8. The van der Waals surface area contributed by atoms with E-state index >= 15 is 0 Å². The fourth-order valence-corrected chi connectivity index (χ4v) is 4.65. The first-order valence-corrected chi connectivity index (χ1v) is 11.1. The van der Waals surface area contributed by atoms with Crippen molar-refractivity contribution < 1.29 is 4.79 Å². The summed E-state index contributed by atoms with van der Waals surface area (Å²) in [6.07, 6.45) is 7.63. The number of pyridine rings is 1. The number of carbonyl (C=O) groups excluding carboxylic acids is 1. The molecule has 0 bridgehead atoms. The maximum atomic E-state index is 12.8. The zero-order chi connectivity index (χ0) is 20.7. The molecule has 5 heterocycles. The van der Waals surface area contributed by atoms with Gasteiger partial charge in [-0.05, 0) is 44.7 Å². The first-order chi connectivity index (χ1) is 14.6. The highest BCUT2D eigenvalue weighted by atomic mass is 35.5. The minimum atomic E-state index is -0.0763. The van der Waals surface area contributed by atoms with Gasteiger partial charge in [0.05, 0.1) is 17.1 Å². The molecule has 1 amide bonds. The van der Waals surface area contributed by atoms with Crippen LogP contribution < -0.4 is 4.90 Å². The number of H-pyrrole nitrogens is 1. The van der Waals surface area contributed by atoms with Gasteiger partial charge in [0.2, 0.25) is 5.91 Å². The number of rotatable bonds is 4. The Morgan fingerprint density at radius 3 is 2.80 bits per heavy atom. The summed E-state index contributed by atoms with van der Waals surface area (Å²) in [6.45, 7) is 5.50. The van der Waals surface area contributed by atoms with E-state index in [0.717, 1.165) is 74.7 Å². The van der Waals surface area contributed by atoms with Gasteiger partial charge in [-0.15, -0.1) is 0 Å². The third-order valence-electron chi connectivity index (χ3n) is 6.22. The van der Waals surface area contributed by atoms with E-state index in [2.05, 4.69) is 20.0 Å². The fourth-order valence-electron chi connectivity index (χ4n) is 4.51. The van der Waals surface area contributed by atoms with Crippen LogP contribution in [0, 0.1) is 5.92 Å². The second kappa shape index (κ2) is 7.91. The van der Waals surface area contributed by atoms with E-state index in [4.69, 9.17) is 16.6 Å². The Morgan fingerprint density at radius 2 is 2.03 bits per heavy atom. The van der Waals surface area contributed by atoms with Gasteiger partial charge in [-0.1, -0.05) is 11.6 Å². The molecule has 8 nitrogen and oxygen atoms in total. The lowest BCUT2D eigenvalue weighted by atomic mass is 9.96. The molecule has 2 aliphatic heterocycles. The molecule has 1 N–H and O–H groups in total. The molecule has 158 valence electrons. The first-order valence-electron chi connectivity index (χ1n) is 10.7. The van der Waals surface area contributed by atoms with E-state index < -0.39 is 0 Å². The summed E-state index contributed by atoms with van der Waals surface area (Å²) in [5.41, 5.74) is 1.57. The Balaban J connectivity index is 1.35. The molecule has 0 aromatic carbocycles. The van der Waals surface area contributed by atoms with Crippen LogP contribution in [0.2, 0.25) is 5.02 Å². The van der Waals surface area contributed by atoms with Gasteiger partial charge in [0.1, 0.15) is 23.2 Å². The molecule has 0 radical (unpaired) electrons. The summed E-state index contributed by atoms with van der Waals surface area (Å²) in [5.74, 6) is 2.06. The molecule has 0 aliphatic carbocycles. The lowest BCUT2D eigenvalue weighted by Crippen LogP contribution is -2.44. The van der Waals surface area contributed by atoms with Crippen molar-refractivity contribution in [3.8, 4) is 0 Å². The number of nitrogens with one attached hydrogen (secondary N) is 1. The van der Waals surface area contributed by atoms with Crippen LogP contribution >= 0.6 is 11.6 Å². The van der Waals surface area contributed by atoms with E-state index in [1.165, 1.54) is 0 Å². The van der Waals surface area contributed by atoms with Crippen LogP contribution in [0.1, 0.15) is 44.5 Å². The molecular weight excluding hydrogens is 402 g/mol. The highest BCUT2D eigenvalue weighted by molar-refractivity contribution is 6.30. The second-order valence-corrected chi connectivity index (χ2v) is 8.73. The van der Waals surface area contributed by atoms with E-state index in [0.29, 0.717) is 10.9 Å². The van der Waals surface area contributed by atoms with Crippen molar-refractivity contribution in [1.82, 2.24) is 29.6 Å². The predicted molar refractivity (Wildman–Crippen MR) is 116 cm³/mol. The fraction of sp³-hybridized carbons (Fsp3) is 0.524. The van der Waals surface area contributed by atoms with Crippen LogP contribution in [0.25, 0.3) is 11.2 Å². The molecule has 0 saturated carbocycles. The van der Waals surface area contributed by atoms with Gasteiger partial charge in [0, 0.05) is 32.4 Å². The van der Waals surface area contributed by atoms with Crippen LogP contribution in [-0.4, -0.2) is 61.7 Å². The monoisotopic (exact) mass is 427 g/mol. The van der Waals surface area contributed by atoms with Crippen molar-refractivity contribution in [3.63, 3.8) is 0 Å². The van der Waals surface area contributed by atoms with Crippen molar-refractivity contribution in [2.24, 2.45) is 5.92 Å². The van der Waals surface area contributed by atoms with Gasteiger partial charge >= 0.3 is 0 Å². The summed E-state index contributed by atoms with van der Waals surface area (Å²) in [5, 5.41) is 4.87. The molecule has 30 heavy (non-hydrogen) atoms. The summed E-state index contributed by atoms with van der Waals surface area (Å²) in [6, 6.07) is 3.92. The number of hydrogen-bond donors (Lipinski definition) is 1. The lowest BCUT2D eigenvalue weighted by Gasteiger charge is -2.34.